The molecule has 0 saturated carbocycles. The molecule has 3 heteroatoms. The first-order valence-corrected chi connectivity index (χ1v) is 5.09. The molecule has 0 radical (unpaired) electrons. The Bertz CT molecular complexity index is 349. The van der Waals surface area contributed by atoms with E-state index in [9.17, 15) is 0 Å². The van der Waals surface area contributed by atoms with Gasteiger partial charge in [0.25, 0.3) is 0 Å². The van der Waals surface area contributed by atoms with Crippen molar-refractivity contribution < 1.29 is 10.0 Å². The number of rotatable bonds is 1. The number of benzene rings is 1. The van der Waals surface area contributed by atoms with Gasteiger partial charge in [-0.1, -0.05) is 32.0 Å². The van der Waals surface area contributed by atoms with Crippen LogP contribution in [0.1, 0.15) is 43.2 Å². The molecular weight excluding hydrogens is 175 g/mol. The van der Waals surface area contributed by atoms with E-state index in [0.717, 1.165) is 0 Å². The Kier molecular flexibility index (Phi) is 2.37. The van der Waals surface area contributed by atoms with Crippen LogP contribution in [0.5, 0.6) is 0 Å². The van der Waals surface area contributed by atoms with Crippen LogP contribution >= 0.6 is 0 Å². The molecule has 1 aromatic carbocycles. The summed E-state index contributed by atoms with van der Waals surface area (Å²) in [4.78, 5) is 0. The van der Waals surface area contributed by atoms with Crippen LogP contribution in [0.3, 0.4) is 0 Å². The van der Waals surface area contributed by atoms with Crippen LogP contribution in [0.25, 0.3) is 0 Å². The minimum absolute atomic E-state index is 0.540. The van der Waals surface area contributed by atoms with Gasteiger partial charge in [0, 0.05) is 0 Å². The Balaban J connectivity index is 2.45. The maximum Gasteiger partial charge on any atom is 0.488 e. The van der Waals surface area contributed by atoms with Crippen LogP contribution < -0.4 is 5.46 Å². The Labute approximate surface area is 84.7 Å². The van der Waals surface area contributed by atoms with Crippen molar-refractivity contribution in [2.24, 2.45) is 0 Å². The van der Waals surface area contributed by atoms with E-state index >= 15 is 0 Å². The SMILES string of the molecule is CC1CC(C)c2cc(B(O)O)ccc21. The fourth-order valence-corrected chi connectivity index (χ4v) is 2.41. The van der Waals surface area contributed by atoms with Crippen molar-refractivity contribution in [3.63, 3.8) is 0 Å². The van der Waals surface area contributed by atoms with Crippen molar-refractivity contribution in [1.29, 1.82) is 0 Å². The lowest BCUT2D eigenvalue weighted by Gasteiger charge is -2.07. The van der Waals surface area contributed by atoms with E-state index in [1.165, 1.54) is 17.5 Å². The van der Waals surface area contributed by atoms with Crippen molar-refractivity contribution in [3.05, 3.63) is 29.3 Å². The lowest BCUT2D eigenvalue weighted by atomic mass is 9.78. The number of hydrogen-bond acceptors (Lipinski definition) is 2. The smallest absolute Gasteiger partial charge is 0.423 e. The molecule has 14 heavy (non-hydrogen) atoms. The van der Waals surface area contributed by atoms with Gasteiger partial charge in [-0.05, 0) is 34.8 Å². The molecule has 74 valence electrons. The maximum absolute atomic E-state index is 9.06. The third-order valence-electron chi connectivity index (χ3n) is 3.18. The van der Waals surface area contributed by atoms with Gasteiger partial charge in [-0.3, -0.25) is 0 Å². The van der Waals surface area contributed by atoms with Gasteiger partial charge in [-0.15, -0.1) is 0 Å². The Morgan fingerprint density at radius 2 is 1.79 bits per heavy atom. The van der Waals surface area contributed by atoms with Crippen LogP contribution in [0.15, 0.2) is 18.2 Å². The van der Waals surface area contributed by atoms with Gasteiger partial charge in [-0.25, -0.2) is 0 Å². The minimum atomic E-state index is -1.34. The van der Waals surface area contributed by atoms with E-state index in [1.807, 2.05) is 12.1 Å². The molecule has 2 N–H and O–H groups in total. The van der Waals surface area contributed by atoms with Gasteiger partial charge in [0.05, 0.1) is 0 Å². The van der Waals surface area contributed by atoms with Gasteiger partial charge >= 0.3 is 7.12 Å². The summed E-state index contributed by atoms with van der Waals surface area (Å²) >= 11 is 0. The predicted molar refractivity (Wildman–Crippen MR) is 57.7 cm³/mol. The summed E-state index contributed by atoms with van der Waals surface area (Å²) in [6.45, 7) is 4.41. The molecule has 0 fully saturated rings. The molecule has 0 heterocycles. The van der Waals surface area contributed by atoms with E-state index in [-0.39, 0.29) is 0 Å². The average molecular weight is 190 g/mol. The van der Waals surface area contributed by atoms with Crippen LogP contribution in [-0.4, -0.2) is 17.2 Å². The van der Waals surface area contributed by atoms with Crippen LogP contribution in [0, 0.1) is 0 Å². The van der Waals surface area contributed by atoms with Gasteiger partial charge in [-0.2, -0.15) is 0 Å². The summed E-state index contributed by atoms with van der Waals surface area (Å²) in [5.74, 6) is 1.14. The summed E-state index contributed by atoms with van der Waals surface area (Å²) in [6.07, 6.45) is 1.17. The van der Waals surface area contributed by atoms with Gasteiger partial charge in [0.15, 0.2) is 0 Å². The highest BCUT2D eigenvalue weighted by atomic mass is 16.4. The fourth-order valence-electron chi connectivity index (χ4n) is 2.41. The van der Waals surface area contributed by atoms with Crippen molar-refractivity contribution in [3.8, 4) is 0 Å². The standard InChI is InChI=1S/C11H15BO2/c1-7-5-8(2)11-6-9(12(13)14)3-4-10(7)11/h3-4,6-8,13-14H,5H2,1-2H3. The fraction of sp³-hybridized carbons (Fsp3) is 0.455. The molecule has 0 spiro atoms. The first kappa shape index (κ1) is 9.75. The molecule has 2 atom stereocenters. The molecule has 1 aromatic rings. The second-order valence-corrected chi connectivity index (χ2v) is 4.30. The molecular formula is C11H15BO2. The monoisotopic (exact) mass is 190 g/mol. The van der Waals surface area contributed by atoms with Crippen LogP contribution in [0.4, 0.5) is 0 Å². The van der Waals surface area contributed by atoms with Gasteiger partial charge < -0.3 is 10.0 Å². The van der Waals surface area contributed by atoms with Gasteiger partial charge in [0.1, 0.15) is 0 Å². The zero-order valence-electron chi connectivity index (χ0n) is 8.57. The molecule has 2 nitrogen and oxygen atoms in total. The lowest BCUT2D eigenvalue weighted by Crippen LogP contribution is -2.30. The molecule has 0 saturated heterocycles. The second kappa shape index (κ2) is 3.41. The van der Waals surface area contributed by atoms with Crippen molar-refractivity contribution in [2.45, 2.75) is 32.1 Å². The highest BCUT2D eigenvalue weighted by molar-refractivity contribution is 6.58. The summed E-state index contributed by atoms with van der Waals surface area (Å²) in [7, 11) is -1.34. The molecule has 0 aromatic heterocycles. The summed E-state index contributed by atoms with van der Waals surface area (Å²) in [5, 5.41) is 18.1. The highest BCUT2D eigenvalue weighted by Crippen LogP contribution is 2.40. The van der Waals surface area contributed by atoms with Crippen LogP contribution in [0.2, 0.25) is 0 Å². The molecule has 1 aliphatic rings. The zero-order chi connectivity index (χ0) is 10.3. The summed E-state index contributed by atoms with van der Waals surface area (Å²) < 4.78 is 0. The lowest BCUT2D eigenvalue weighted by molar-refractivity contribution is 0.425. The van der Waals surface area contributed by atoms with Gasteiger partial charge in [0.2, 0.25) is 0 Å². The first-order chi connectivity index (χ1) is 6.59. The quantitative estimate of drug-likeness (QED) is 0.648. The third-order valence-corrected chi connectivity index (χ3v) is 3.18. The number of fused-ring (bicyclic) bond motifs is 1. The van der Waals surface area contributed by atoms with Crippen molar-refractivity contribution in [2.75, 3.05) is 0 Å². The number of hydrogen-bond donors (Lipinski definition) is 2. The molecule has 0 bridgehead atoms. The third kappa shape index (κ3) is 1.47. The highest BCUT2D eigenvalue weighted by Gasteiger charge is 2.26. The van der Waals surface area contributed by atoms with Crippen LogP contribution in [-0.2, 0) is 0 Å². The normalized spacial score (nSPS) is 24.9. The Morgan fingerprint density at radius 3 is 2.43 bits per heavy atom. The molecule has 2 unspecified atom stereocenters. The minimum Gasteiger partial charge on any atom is -0.423 e. The average Bonchev–Trinajstić information content (AvgIpc) is 2.42. The van der Waals surface area contributed by atoms with Crippen molar-refractivity contribution in [1.82, 2.24) is 0 Å². The Morgan fingerprint density at radius 1 is 1.14 bits per heavy atom. The van der Waals surface area contributed by atoms with E-state index in [2.05, 4.69) is 13.8 Å². The Hall–Kier alpha value is -0.795. The van der Waals surface area contributed by atoms with E-state index < -0.39 is 7.12 Å². The maximum atomic E-state index is 9.06. The molecule has 2 rings (SSSR count). The van der Waals surface area contributed by atoms with E-state index in [4.69, 9.17) is 10.0 Å². The first-order valence-electron chi connectivity index (χ1n) is 5.09. The van der Waals surface area contributed by atoms with E-state index in [1.54, 1.807) is 6.07 Å². The zero-order valence-corrected chi connectivity index (χ0v) is 8.57. The molecule has 1 aliphatic carbocycles. The summed E-state index contributed by atoms with van der Waals surface area (Å²) in [6, 6.07) is 5.75. The summed E-state index contributed by atoms with van der Waals surface area (Å²) in [5.41, 5.74) is 3.25. The largest absolute Gasteiger partial charge is 0.488 e. The van der Waals surface area contributed by atoms with Crippen molar-refractivity contribution >= 4 is 12.6 Å². The molecule has 0 amide bonds. The second-order valence-electron chi connectivity index (χ2n) is 4.30. The molecule has 0 aliphatic heterocycles. The van der Waals surface area contributed by atoms with E-state index in [0.29, 0.717) is 17.3 Å². The topological polar surface area (TPSA) is 40.5 Å². The predicted octanol–water partition coefficient (Wildman–Crippen LogP) is 0.977.